The third-order valence-electron chi connectivity index (χ3n) is 5.91. The number of amides is 1. The summed E-state index contributed by atoms with van der Waals surface area (Å²) in [7, 11) is 3.56. The van der Waals surface area contributed by atoms with Crippen molar-refractivity contribution in [3.63, 3.8) is 0 Å². The maximum atomic E-state index is 12.6. The summed E-state index contributed by atoms with van der Waals surface area (Å²) >= 11 is 0. The van der Waals surface area contributed by atoms with E-state index in [1.54, 1.807) is 19.0 Å². The van der Waals surface area contributed by atoms with E-state index >= 15 is 0 Å². The molecule has 3 nitrogen and oxygen atoms in total. The van der Waals surface area contributed by atoms with Crippen molar-refractivity contribution in [2.75, 3.05) is 14.1 Å². The van der Waals surface area contributed by atoms with E-state index in [1.165, 1.54) is 5.56 Å². The van der Waals surface area contributed by atoms with Crippen molar-refractivity contribution in [3.8, 4) is 0 Å². The first-order valence-electron chi connectivity index (χ1n) is 8.91. The molecule has 2 aromatic carbocycles. The van der Waals surface area contributed by atoms with Gasteiger partial charge in [-0.05, 0) is 35.4 Å². The Hall–Kier alpha value is -2.42. The van der Waals surface area contributed by atoms with Crippen LogP contribution in [0.25, 0.3) is 0 Å². The van der Waals surface area contributed by atoms with Gasteiger partial charge in [-0.15, -0.1) is 0 Å². The molecule has 2 aliphatic carbocycles. The molecule has 0 heterocycles. The molecule has 0 aliphatic heterocycles. The summed E-state index contributed by atoms with van der Waals surface area (Å²) < 4.78 is 0. The average molecular weight is 333 g/mol. The minimum absolute atomic E-state index is 0.0184. The normalized spacial score (nSPS) is 27.5. The molecule has 3 unspecified atom stereocenters. The number of rotatable bonds is 3. The van der Waals surface area contributed by atoms with E-state index in [4.69, 9.17) is 0 Å². The van der Waals surface area contributed by atoms with E-state index in [1.807, 2.05) is 36.4 Å². The fraction of sp³-hybridized carbons (Fsp3) is 0.364. The van der Waals surface area contributed by atoms with Gasteiger partial charge in [0.2, 0.25) is 0 Å². The van der Waals surface area contributed by atoms with Crippen molar-refractivity contribution in [1.29, 1.82) is 0 Å². The topological polar surface area (TPSA) is 37.4 Å². The Balaban J connectivity index is 1.75. The van der Waals surface area contributed by atoms with Crippen molar-refractivity contribution < 1.29 is 9.59 Å². The van der Waals surface area contributed by atoms with Crippen LogP contribution in [-0.2, 0) is 10.2 Å². The van der Waals surface area contributed by atoms with Crippen LogP contribution in [0, 0.1) is 5.92 Å². The molecule has 0 radical (unpaired) electrons. The number of ketones is 1. The standard InChI is InChI=1S/C22H23NO2/c1-23(2)21(25)17-10-6-7-11-19(17)22-13-16(24)12-18(20(22)14-22)15-8-4-3-5-9-15/h3-11,18,20H,12-14H2,1-2H3. The van der Waals surface area contributed by atoms with Crippen LogP contribution in [0.15, 0.2) is 54.6 Å². The SMILES string of the molecule is CN(C)C(=O)c1ccccc1C12CC(=O)CC(c3ccccc3)C1C2. The maximum Gasteiger partial charge on any atom is 0.253 e. The Morgan fingerprint density at radius 1 is 1.04 bits per heavy atom. The molecule has 0 bridgehead atoms. The molecule has 0 aromatic heterocycles. The minimum Gasteiger partial charge on any atom is -0.345 e. The molecule has 0 saturated heterocycles. The van der Waals surface area contributed by atoms with Gasteiger partial charge in [-0.3, -0.25) is 9.59 Å². The predicted octanol–water partition coefficient (Wildman–Crippen LogP) is 3.79. The summed E-state index contributed by atoms with van der Waals surface area (Å²) in [6.07, 6.45) is 2.19. The number of carbonyl (C=O) groups excluding carboxylic acids is 2. The van der Waals surface area contributed by atoms with Gasteiger partial charge in [0.05, 0.1) is 0 Å². The zero-order valence-electron chi connectivity index (χ0n) is 14.7. The quantitative estimate of drug-likeness (QED) is 0.857. The van der Waals surface area contributed by atoms with Crippen molar-refractivity contribution in [2.24, 2.45) is 5.92 Å². The molecule has 3 atom stereocenters. The number of nitrogens with zero attached hydrogens (tertiary/aromatic N) is 1. The molecule has 25 heavy (non-hydrogen) atoms. The fourth-order valence-corrected chi connectivity index (χ4v) is 4.68. The summed E-state index contributed by atoms with van der Waals surface area (Å²) in [5.41, 5.74) is 2.90. The second-order valence-corrected chi connectivity index (χ2v) is 7.65. The van der Waals surface area contributed by atoms with Crippen molar-refractivity contribution in [2.45, 2.75) is 30.6 Å². The van der Waals surface area contributed by atoms with Crippen molar-refractivity contribution >= 4 is 11.7 Å². The Morgan fingerprint density at radius 3 is 2.44 bits per heavy atom. The lowest BCUT2D eigenvalue weighted by Crippen LogP contribution is -2.30. The second kappa shape index (κ2) is 5.83. The fourth-order valence-electron chi connectivity index (χ4n) is 4.68. The van der Waals surface area contributed by atoms with Gasteiger partial charge < -0.3 is 4.90 Å². The molecular weight excluding hydrogens is 310 g/mol. The first-order chi connectivity index (χ1) is 12.0. The van der Waals surface area contributed by atoms with Crippen LogP contribution in [0.1, 0.15) is 46.7 Å². The molecule has 2 saturated carbocycles. The molecule has 128 valence electrons. The number of fused-ring (bicyclic) bond motifs is 1. The first kappa shape index (κ1) is 16.1. The van der Waals surface area contributed by atoms with Crippen molar-refractivity contribution in [1.82, 2.24) is 4.90 Å². The summed E-state index contributed by atoms with van der Waals surface area (Å²) in [5, 5.41) is 0. The largest absolute Gasteiger partial charge is 0.345 e. The van der Waals surface area contributed by atoms with E-state index in [2.05, 4.69) is 18.2 Å². The number of benzene rings is 2. The smallest absolute Gasteiger partial charge is 0.253 e. The highest BCUT2D eigenvalue weighted by Crippen LogP contribution is 2.66. The molecule has 2 aromatic rings. The summed E-state index contributed by atoms with van der Waals surface area (Å²) in [4.78, 5) is 26.8. The Bertz CT molecular complexity index is 827. The molecule has 1 amide bonds. The van der Waals surface area contributed by atoms with E-state index in [9.17, 15) is 9.59 Å². The molecule has 0 N–H and O–H groups in total. The molecular formula is C22H23NO2. The van der Waals surface area contributed by atoms with Crippen LogP contribution in [0.3, 0.4) is 0 Å². The van der Waals surface area contributed by atoms with Crippen LogP contribution >= 0.6 is 0 Å². The summed E-state index contributed by atoms with van der Waals surface area (Å²) in [5.74, 6) is 1.05. The van der Waals surface area contributed by atoms with E-state index < -0.39 is 0 Å². The Morgan fingerprint density at radius 2 is 1.72 bits per heavy atom. The molecule has 2 aliphatic rings. The molecule has 0 spiro atoms. The van der Waals surface area contributed by atoms with Gasteiger partial charge in [-0.25, -0.2) is 0 Å². The maximum absolute atomic E-state index is 12.6. The van der Waals surface area contributed by atoms with Gasteiger partial charge in [-0.2, -0.15) is 0 Å². The third kappa shape index (κ3) is 2.58. The highest BCUT2D eigenvalue weighted by Gasteiger charge is 2.62. The van der Waals surface area contributed by atoms with Gasteiger partial charge >= 0.3 is 0 Å². The van der Waals surface area contributed by atoms with E-state index in [0.29, 0.717) is 24.5 Å². The third-order valence-corrected chi connectivity index (χ3v) is 5.91. The number of hydrogen-bond donors (Lipinski definition) is 0. The predicted molar refractivity (Wildman–Crippen MR) is 97.7 cm³/mol. The first-order valence-corrected chi connectivity index (χ1v) is 8.91. The minimum atomic E-state index is -0.155. The zero-order valence-corrected chi connectivity index (χ0v) is 14.7. The van der Waals surface area contributed by atoms with Gasteiger partial charge in [0, 0.05) is 37.9 Å². The molecule has 2 fully saturated rings. The Labute approximate surface area is 148 Å². The number of Topliss-reactive ketones (excluding diaryl/α,β-unsaturated/α-hetero) is 1. The van der Waals surface area contributed by atoms with Gasteiger partial charge in [0.25, 0.3) is 5.91 Å². The summed E-state index contributed by atoms with van der Waals surface area (Å²) in [6.45, 7) is 0. The molecule has 4 rings (SSSR count). The van der Waals surface area contributed by atoms with Gasteiger partial charge in [0.15, 0.2) is 0 Å². The lowest BCUT2D eigenvalue weighted by molar-refractivity contribution is -0.121. The average Bonchev–Trinajstić information content (AvgIpc) is 3.36. The lowest BCUT2D eigenvalue weighted by Gasteiger charge is -2.30. The Kier molecular flexibility index (Phi) is 3.75. The molecule has 3 heteroatoms. The van der Waals surface area contributed by atoms with Crippen LogP contribution < -0.4 is 0 Å². The lowest BCUT2D eigenvalue weighted by atomic mass is 9.73. The van der Waals surface area contributed by atoms with Crippen LogP contribution in [0.4, 0.5) is 0 Å². The van der Waals surface area contributed by atoms with Crippen molar-refractivity contribution in [3.05, 3.63) is 71.3 Å². The highest BCUT2D eigenvalue weighted by molar-refractivity contribution is 5.96. The second-order valence-electron chi connectivity index (χ2n) is 7.65. The zero-order chi connectivity index (χ0) is 17.6. The van der Waals surface area contributed by atoms with Crippen LogP contribution in [0.5, 0.6) is 0 Å². The van der Waals surface area contributed by atoms with Gasteiger partial charge in [-0.1, -0.05) is 48.5 Å². The highest BCUT2D eigenvalue weighted by atomic mass is 16.2. The van der Waals surface area contributed by atoms with Gasteiger partial charge in [0.1, 0.15) is 5.78 Å². The number of carbonyl (C=O) groups is 2. The summed E-state index contributed by atoms with van der Waals surface area (Å²) in [6, 6.07) is 18.2. The monoisotopic (exact) mass is 333 g/mol. The van der Waals surface area contributed by atoms with E-state index in [-0.39, 0.29) is 17.2 Å². The van der Waals surface area contributed by atoms with Crippen LogP contribution in [0.2, 0.25) is 0 Å². The van der Waals surface area contributed by atoms with Crippen LogP contribution in [-0.4, -0.2) is 30.7 Å². The van der Waals surface area contributed by atoms with E-state index in [0.717, 1.165) is 17.5 Å². The number of hydrogen-bond acceptors (Lipinski definition) is 2.